The van der Waals surface area contributed by atoms with Gasteiger partial charge in [0.05, 0.1) is 25.2 Å². The van der Waals surface area contributed by atoms with E-state index in [1.54, 1.807) is 19.2 Å². The van der Waals surface area contributed by atoms with E-state index in [0.29, 0.717) is 13.2 Å². The van der Waals surface area contributed by atoms with Crippen molar-refractivity contribution in [3.8, 4) is 17.2 Å². The van der Waals surface area contributed by atoms with Crippen LogP contribution in [0.2, 0.25) is 0 Å². The highest BCUT2D eigenvalue weighted by Gasteiger charge is 2.11. The summed E-state index contributed by atoms with van der Waals surface area (Å²) in [6.07, 6.45) is 22.5. The zero-order valence-corrected chi connectivity index (χ0v) is 27.5. The number of unbranched alkanes of at least 4 members (excludes halogenated alkanes) is 10. The normalized spacial score (nSPS) is 11.4. The summed E-state index contributed by atoms with van der Waals surface area (Å²) in [5.74, 6) is 2.43. The van der Waals surface area contributed by atoms with Crippen LogP contribution in [0.1, 0.15) is 113 Å². The average molecular weight is 614 g/mol. The van der Waals surface area contributed by atoms with Crippen LogP contribution < -0.4 is 14.2 Å². The maximum absolute atomic E-state index is 11.1. The molecule has 0 aliphatic heterocycles. The Morgan fingerprint density at radius 3 is 1.44 bits per heavy atom. The Kier molecular flexibility index (Phi) is 16.4. The average Bonchev–Trinajstić information content (AvgIpc) is 3.06. The van der Waals surface area contributed by atoms with Crippen LogP contribution in [0, 0.1) is 10.1 Å². The molecule has 0 atom stereocenters. The lowest BCUT2D eigenvalue weighted by atomic mass is 10.0. The van der Waals surface area contributed by atoms with Gasteiger partial charge in [-0.1, -0.05) is 114 Å². The number of non-ortho nitro benzene ring substituents is 1. The first-order chi connectivity index (χ1) is 22.0. The number of ether oxygens (including phenoxy) is 3. The van der Waals surface area contributed by atoms with Crippen LogP contribution >= 0.6 is 0 Å². The summed E-state index contributed by atoms with van der Waals surface area (Å²) in [4.78, 5) is 10.7. The molecule has 0 saturated carbocycles. The van der Waals surface area contributed by atoms with Gasteiger partial charge in [-0.15, -0.1) is 0 Å². The van der Waals surface area contributed by atoms with Crippen molar-refractivity contribution in [2.45, 2.75) is 90.9 Å². The van der Waals surface area contributed by atoms with E-state index >= 15 is 0 Å². The van der Waals surface area contributed by atoms with Gasteiger partial charge in [0.2, 0.25) is 0 Å². The van der Waals surface area contributed by atoms with E-state index in [2.05, 4.69) is 38.1 Å². The minimum atomic E-state index is -0.382. The SMILES string of the molecule is CCCCCCCCOc1cc(/C=C/c2ccc([N+](=O)[O-])cc2)c(OCCCCCCCC)cc1/C=C/c1ccc(OC)cc1. The van der Waals surface area contributed by atoms with Crippen molar-refractivity contribution in [1.29, 1.82) is 0 Å². The largest absolute Gasteiger partial charge is 0.497 e. The summed E-state index contributed by atoms with van der Waals surface area (Å²) in [5.41, 5.74) is 3.89. The van der Waals surface area contributed by atoms with Crippen LogP contribution in [0.3, 0.4) is 0 Å². The standard InChI is InChI=1S/C39H51NO5/c1-4-6-8-10-12-14-28-44-38-31-35(23-17-33-20-26-37(43-3)27-21-33)39(45-29-15-13-11-9-7-5-2)30-34(38)22-16-32-18-24-36(25-19-32)40(41)42/h16-27,30-31H,4-15,28-29H2,1-3H3/b22-16+,23-17+. The molecule has 0 saturated heterocycles. The molecule has 0 aliphatic rings. The molecule has 45 heavy (non-hydrogen) atoms. The van der Waals surface area contributed by atoms with Gasteiger partial charge in [0.15, 0.2) is 0 Å². The third-order valence-electron chi connectivity index (χ3n) is 7.78. The summed E-state index contributed by atoms with van der Waals surface area (Å²) in [6, 6.07) is 18.7. The van der Waals surface area contributed by atoms with Gasteiger partial charge in [0.25, 0.3) is 5.69 Å². The van der Waals surface area contributed by atoms with E-state index in [-0.39, 0.29) is 10.6 Å². The third-order valence-corrected chi connectivity index (χ3v) is 7.78. The van der Waals surface area contributed by atoms with Gasteiger partial charge in [-0.25, -0.2) is 0 Å². The minimum Gasteiger partial charge on any atom is -0.497 e. The molecule has 0 heterocycles. The number of nitro benzene ring substituents is 1. The summed E-state index contributed by atoms with van der Waals surface area (Å²) < 4.78 is 18.1. The highest BCUT2D eigenvalue weighted by Crippen LogP contribution is 2.33. The first-order valence-corrected chi connectivity index (χ1v) is 16.7. The fourth-order valence-corrected chi connectivity index (χ4v) is 5.03. The van der Waals surface area contributed by atoms with Gasteiger partial charge < -0.3 is 14.2 Å². The maximum Gasteiger partial charge on any atom is 0.269 e. The van der Waals surface area contributed by atoms with Crippen molar-refractivity contribution in [1.82, 2.24) is 0 Å². The molecule has 0 spiro atoms. The monoisotopic (exact) mass is 613 g/mol. The molecule has 0 bridgehead atoms. The maximum atomic E-state index is 11.1. The highest BCUT2D eigenvalue weighted by molar-refractivity contribution is 5.79. The number of methoxy groups -OCH3 is 1. The Morgan fingerprint density at radius 2 is 1.02 bits per heavy atom. The lowest BCUT2D eigenvalue weighted by Crippen LogP contribution is -2.03. The van der Waals surface area contributed by atoms with Gasteiger partial charge in [-0.05, 0) is 60.4 Å². The second-order valence-electron chi connectivity index (χ2n) is 11.4. The molecule has 3 rings (SSSR count). The van der Waals surface area contributed by atoms with Crippen LogP contribution in [0.15, 0.2) is 60.7 Å². The molecule has 0 radical (unpaired) electrons. The van der Waals surface area contributed by atoms with Gasteiger partial charge in [-0.3, -0.25) is 10.1 Å². The van der Waals surface area contributed by atoms with E-state index in [1.165, 1.54) is 63.5 Å². The number of nitrogens with zero attached hydrogens (tertiary/aromatic N) is 1. The molecular formula is C39H51NO5. The van der Waals surface area contributed by atoms with Crippen molar-refractivity contribution < 1.29 is 19.1 Å². The van der Waals surface area contributed by atoms with Crippen LogP contribution in [0.5, 0.6) is 17.2 Å². The molecule has 6 nitrogen and oxygen atoms in total. The number of benzene rings is 3. The smallest absolute Gasteiger partial charge is 0.269 e. The van der Waals surface area contributed by atoms with Crippen molar-refractivity contribution in [3.63, 3.8) is 0 Å². The zero-order valence-electron chi connectivity index (χ0n) is 27.5. The summed E-state index contributed by atoms with van der Waals surface area (Å²) in [5, 5.41) is 11.1. The van der Waals surface area contributed by atoms with E-state index in [0.717, 1.165) is 65.2 Å². The molecule has 0 aromatic heterocycles. The second kappa shape index (κ2) is 20.8. The lowest BCUT2D eigenvalue weighted by Gasteiger charge is -2.15. The molecule has 242 valence electrons. The van der Waals surface area contributed by atoms with Gasteiger partial charge in [-0.2, -0.15) is 0 Å². The highest BCUT2D eigenvalue weighted by atomic mass is 16.6. The fraction of sp³-hybridized carbons (Fsp3) is 0.436. The minimum absolute atomic E-state index is 0.0773. The first-order valence-electron chi connectivity index (χ1n) is 16.7. The quantitative estimate of drug-likeness (QED) is 0.0488. The fourth-order valence-electron chi connectivity index (χ4n) is 5.03. The number of nitro groups is 1. The Bertz CT molecular complexity index is 1330. The molecule has 0 fully saturated rings. The van der Waals surface area contributed by atoms with Gasteiger partial charge >= 0.3 is 0 Å². The Labute approximate surface area is 270 Å². The first kappa shape index (κ1) is 35.4. The number of hydrogen-bond donors (Lipinski definition) is 0. The topological polar surface area (TPSA) is 70.8 Å². The lowest BCUT2D eigenvalue weighted by molar-refractivity contribution is -0.384. The molecule has 3 aromatic rings. The van der Waals surface area contributed by atoms with Crippen LogP contribution in [-0.4, -0.2) is 25.2 Å². The van der Waals surface area contributed by atoms with Crippen molar-refractivity contribution >= 4 is 30.0 Å². The Hall–Kier alpha value is -4.06. The zero-order chi connectivity index (χ0) is 32.1. The molecule has 0 unspecified atom stereocenters. The van der Waals surface area contributed by atoms with Crippen LogP contribution in [0.4, 0.5) is 5.69 Å². The molecule has 0 amide bonds. The second-order valence-corrected chi connectivity index (χ2v) is 11.4. The van der Waals surface area contributed by atoms with Crippen LogP contribution in [-0.2, 0) is 0 Å². The molecule has 0 aliphatic carbocycles. The van der Waals surface area contributed by atoms with Gasteiger partial charge in [0.1, 0.15) is 17.2 Å². The van der Waals surface area contributed by atoms with Crippen LogP contribution in [0.25, 0.3) is 24.3 Å². The third kappa shape index (κ3) is 13.2. The summed E-state index contributed by atoms with van der Waals surface area (Å²) in [7, 11) is 1.67. The molecule has 0 N–H and O–H groups in total. The molecule has 3 aromatic carbocycles. The van der Waals surface area contributed by atoms with Crippen molar-refractivity contribution in [2.75, 3.05) is 20.3 Å². The molecular weight excluding hydrogens is 562 g/mol. The summed E-state index contributed by atoms with van der Waals surface area (Å²) >= 11 is 0. The van der Waals surface area contributed by atoms with Crippen molar-refractivity contribution in [3.05, 3.63) is 93.0 Å². The van der Waals surface area contributed by atoms with E-state index in [1.807, 2.05) is 36.4 Å². The predicted octanol–water partition coefficient (Wildman–Crippen LogP) is 11.4. The van der Waals surface area contributed by atoms with Gasteiger partial charge in [0, 0.05) is 23.3 Å². The Morgan fingerprint density at radius 1 is 0.600 bits per heavy atom. The number of rotatable bonds is 22. The van der Waals surface area contributed by atoms with E-state index in [9.17, 15) is 10.1 Å². The predicted molar refractivity (Wildman–Crippen MR) is 188 cm³/mol. The molecule has 6 heteroatoms. The Balaban J connectivity index is 1.87. The summed E-state index contributed by atoms with van der Waals surface area (Å²) in [6.45, 7) is 5.76. The van der Waals surface area contributed by atoms with Crippen molar-refractivity contribution in [2.24, 2.45) is 0 Å². The van der Waals surface area contributed by atoms with E-state index < -0.39 is 0 Å². The van der Waals surface area contributed by atoms with E-state index in [4.69, 9.17) is 14.2 Å². The number of hydrogen-bond acceptors (Lipinski definition) is 5.